The number of ether oxygens (including phenoxy) is 1. The van der Waals surface area contributed by atoms with Gasteiger partial charge in [0.1, 0.15) is 11.6 Å². The van der Waals surface area contributed by atoms with Gasteiger partial charge in [-0.1, -0.05) is 18.4 Å². The monoisotopic (exact) mass is 355 g/mol. The first kappa shape index (κ1) is 17.6. The molecular weight excluding hydrogens is 337 g/mol. The number of hydrogen-bond donors (Lipinski definition) is 1. The highest BCUT2D eigenvalue weighted by atomic mass is 19.1. The fourth-order valence-electron chi connectivity index (χ4n) is 2.19. The third-order valence-electron chi connectivity index (χ3n) is 3.62. The Morgan fingerprint density at radius 2 is 1.85 bits per heavy atom. The van der Waals surface area contributed by atoms with Crippen molar-refractivity contribution in [2.45, 2.75) is 19.8 Å². The fraction of sp³-hybridized carbons (Fsp3) is 0.211. The number of amides is 1. The summed E-state index contributed by atoms with van der Waals surface area (Å²) < 4.78 is 23.9. The van der Waals surface area contributed by atoms with Crippen LogP contribution in [0.2, 0.25) is 0 Å². The lowest BCUT2D eigenvalue weighted by Crippen LogP contribution is -2.12. The van der Waals surface area contributed by atoms with Gasteiger partial charge in [-0.25, -0.2) is 4.39 Å². The molecule has 1 aromatic heterocycles. The van der Waals surface area contributed by atoms with Gasteiger partial charge in [0.2, 0.25) is 5.89 Å². The normalized spacial score (nSPS) is 10.5. The molecule has 134 valence electrons. The second-order valence-electron chi connectivity index (χ2n) is 5.60. The van der Waals surface area contributed by atoms with Crippen LogP contribution in [0.25, 0.3) is 11.5 Å². The predicted molar refractivity (Wildman–Crippen MR) is 94.5 cm³/mol. The third kappa shape index (κ3) is 4.44. The number of unbranched alkanes of at least 4 members (excludes halogenated alkanes) is 1. The molecule has 1 N–H and O–H groups in total. The van der Waals surface area contributed by atoms with Gasteiger partial charge < -0.3 is 9.15 Å². The van der Waals surface area contributed by atoms with E-state index >= 15 is 0 Å². The number of carbonyl (C=O) groups is 1. The maximum absolute atomic E-state index is 12.9. The van der Waals surface area contributed by atoms with Gasteiger partial charge in [-0.15, -0.1) is 5.10 Å². The highest BCUT2D eigenvalue weighted by molar-refractivity contribution is 6.03. The summed E-state index contributed by atoms with van der Waals surface area (Å²) in [7, 11) is 0. The lowest BCUT2D eigenvalue weighted by molar-refractivity contribution is 0.102. The molecule has 1 amide bonds. The number of anilines is 1. The molecule has 0 saturated heterocycles. The van der Waals surface area contributed by atoms with Gasteiger partial charge in [0.05, 0.1) is 6.61 Å². The Morgan fingerprint density at radius 1 is 1.12 bits per heavy atom. The van der Waals surface area contributed by atoms with Crippen LogP contribution in [0, 0.1) is 5.82 Å². The molecule has 0 atom stereocenters. The Balaban J connectivity index is 1.62. The Morgan fingerprint density at radius 3 is 2.54 bits per heavy atom. The summed E-state index contributed by atoms with van der Waals surface area (Å²) >= 11 is 0. The van der Waals surface area contributed by atoms with Crippen molar-refractivity contribution in [1.82, 2.24) is 10.2 Å². The largest absolute Gasteiger partial charge is 0.494 e. The Kier molecular flexibility index (Phi) is 5.58. The molecule has 1 heterocycles. The van der Waals surface area contributed by atoms with E-state index in [0.717, 1.165) is 12.8 Å². The van der Waals surface area contributed by atoms with Crippen molar-refractivity contribution in [3.05, 3.63) is 59.9 Å². The molecule has 0 aliphatic carbocycles. The fourth-order valence-corrected chi connectivity index (χ4v) is 2.19. The smallest absolute Gasteiger partial charge is 0.322 e. The number of carbonyl (C=O) groups excluding carboxylic acids is 1. The Labute approximate surface area is 150 Å². The molecule has 26 heavy (non-hydrogen) atoms. The van der Waals surface area contributed by atoms with Gasteiger partial charge >= 0.3 is 6.01 Å². The quantitative estimate of drug-likeness (QED) is 0.639. The Bertz CT molecular complexity index is 860. The predicted octanol–water partition coefficient (Wildman–Crippen LogP) is 4.31. The number of hydrogen-bond acceptors (Lipinski definition) is 5. The minimum absolute atomic E-state index is 0.0300. The van der Waals surface area contributed by atoms with Crippen LogP contribution < -0.4 is 10.1 Å². The van der Waals surface area contributed by atoms with Crippen molar-refractivity contribution in [1.29, 1.82) is 0 Å². The van der Waals surface area contributed by atoms with E-state index in [9.17, 15) is 9.18 Å². The van der Waals surface area contributed by atoms with Crippen LogP contribution in [0.5, 0.6) is 5.75 Å². The average molecular weight is 355 g/mol. The minimum atomic E-state index is -0.376. The number of nitrogens with one attached hydrogen (secondary N) is 1. The van der Waals surface area contributed by atoms with Crippen molar-refractivity contribution in [3.8, 4) is 17.2 Å². The minimum Gasteiger partial charge on any atom is -0.494 e. The molecule has 0 saturated carbocycles. The summed E-state index contributed by atoms with van der Waals surface area (Å²) in [5.41, 5.74) is 1.00. The maximum Gasteiger partial charge on any atom is 0.322 e. The topological polar surface area (TPSA) is 77.2 Å². The molecular formula is C19H18FN3O3. The maximum atomic E-state index is 12.9. The summed E-state index contributed by atoms with van der Waals surface area (Å²) in [6, 6.07) is 12.4. The van der Waals surface area contributed by atoms with Crippen LogP contribution in [-0.4, -0.2) is 22.7 Å². The molecule has 0 fully saturated rings. The van der Waals surface area contributed by atoms with Crippen LogP contribution in [0.1, 0.15) is 30.1 Å². The van der Waals surface area contributed by atoms with Crippen molar-refractivity contribution in [2.75, 3.05) is 11.9 Å². The van der Waals surface area contributed by atoms with Gasteiger partial charge in [-0.05, 0) is 55.0 Å². The van der Waals surface area contributed by atoms with Crippen LogP contribution in [0.15, 0.2) is 52.9 Å². The molecule has 0 aliphatic heterocycles. The van der Waals surface area contributed by atoms with E-state index < -0.39 is 0 Å². The molecule has 3 aromatic rings. The summed E-state index contributed by atoms with van der Waals surface area (Å²) in [5, 5.41) is 10.2. The van der Waals surface area contributed by atoms with Crippen LogP contribution in [0.3, 0.4) is 0 Å². The number of halogens is 1. The third-order valence-corrected chi connectivity index (χ3v) is 3.62. The molecule has 3 rings (SSSR count). The van der Waals surface area contributed by atoms with Gasteiger partial charge in [0.15, 0.2) is 0 Å². The van der Waals surface area contributed by atoms with Crippen LogP contribution >= 0.6 is 0 Å². The molecule has 0 aliphatic rings. The summed E-state index contributed by atoms with van der Waals surface area (Å²) in [5.74, 6) is 0.176. The average Bonchev–Trinajstić information content (AvgIpc) is 3.11. The standard InChI is InChI=1S/C19H18FN3O3/c1-2-3-12-25-16-10-6-13(7-11-16)17(24)21-19-23-22-18(26-19)14-4-8-15(20)9-5-14/h4-11H,2-3,12H2,1H3,(H,21,23,24). The first-order valence-electron chi connectivity index (χ1n) is 8.29. The van der Waals surface area contributed by atoms with Crippen LogP contribution in [0.4, 0.5) is 10.4 Å². The van der Waals surface area contributed by atoms with E-state index in [2.05, 4.69) is 22.4 Å². The lowest BCUT2D eigenvalue weighted by Gasteiger charge is -2.06. The first-order chi connectivity index (χ1) is 12.7. The van der Waals surface area contributed by atoms with Crippen molar-refractivity contribution < 1.29 is 18.3 Å². The van der Waals surface area contributed by atoms with Gasteiger partial charge in [-0.3, -0.25) is 10.1 Å². The van der Waals surface area contributed by atoms with Crippen molar-refractivity contribution in [3.63, 3.8) is 0 Å². The first-order valence-corrected chi connectivity index (χ1v) is 8.29. The van der Waals surface area contributed by atoms with E-state index in [1.165, 1.54) is 24.3 Å². The molecule has 0 spiro atoms. The van der Waals surface area contributed by atoms with Crippen molar-refractivity contribution in [2.24, 2.45) is 0 Å². The van der Waals surface area contributed by atoms with E-state index in [4.69, 9.17) is 9.15 Å². The van der Waals surface area contributed by atoms with E-state index in [-0.39, 0.29) is 23.6 Å². The summed E-state index contributed by atoms with van der Waals surface area (Å²) in [6.45, 7) is 2.74. The SMILES string of the molecule is CCCCOc1ccc(C(=O)Nc2nnc(-c3ccc(F)cc3)o2)cc1. The van der Waals surface area contributed by atoms with Gasteiger partial charge in [-0.2, -0.15) is 0 Å². The number of aromatic nitrogens is 2. The molecule has 0 radical (unpaired) electrons. The zero-order chi connectivity index (χ0) is 18.4. The second-order valence-corrected chi connectivity index (χ2v) is 5.60. The number of rotatable bonds is 7. The molecule has 0 unspecified atom stereocenters. The molecule has 6 nitrogen and oxygen atoms in total. The molecule has 2 aromatic carbocycles. The van der Waals surface area contributed by atoms with Gasteiger partial charge in [0.25, 0.3) is 5.91 Å². The van der Waals surface area contributed by atoms with E-state index in [0.29, 0.717) is 23.5 Å². The second kappa shape index (κ2) is 8.24. The summed E-state index contributed by atoms with van der Waals surface area (Å²) in [4.78, 5) is 12.2. The molecule has 7 heteroatoms. The Hall–Kier alpha value is -3.22. The summed E-state index contributed by atoms with van der Waals surface area (Å²) in [6.07, 6.45) is 2.04. The highest BCUT2D eigenvalue weighted by Crippen LogP contribution is 2.20. The van der Waals surface area contributed by atoms with Gasteiger partial charge in [0, 0.05) is 11.1 Å². The van der Waals surface area contributed by atoms with E-state index in [1.807, 2.05) is 0 Å². The number of benzene rings is 2. The lowest BCUT2D eigenvalue weighted by atomic mass is 10.2. The van der Waals surface area contributed by atoms with Crippen molar-refractivity contribution >= 4 is 11.9 Å². The van der Waals surface area contributed by atoms with E-state index in [1.54, 1.807) is 24.3 Å². The van der Waals surface area contributed by atoms with Crippen LogP contribution in [-0.2, 0) is 0 Å². The highest BCUT2D eigenvalue weighted by Gasteiger charge is 2.13. The molecule has 0 bridgehead atoms. The number of nitrogens with zero attached hydrogens (tertiary/aromatic N) is 2. The zero-order valence-corrected chi connectivity index (χ0v) is 14.2. The zero-order valence-electron chi connectivity index (χ0n) is 14.2.